The quantitative estimate of drug-likeness (QED) is 0.0292. The fourth-order valence-corrected chi connectivity index (χ4v) is 9.36. The molecule has 0 amide bonds. The first-order valence-electron chi connectivity index (χ1n) is 19.8. The molecule has 8 rings (SSSR count). The molecule has 0 radical (unpaired) electrons. The van der Waals surface area contributed by atoms with E-state index >= 15 is 0 Å². The van der Waals surface area contributed by atoms with E-state index < -0.39 is 101 Å². The number of aryl methyl sites for hydroxylation is 1. The van der Waals surface area contributed by atoms with Crippen molar-refractivity contribution in [3.8, 4) is 11.5 Å². The van der Waals surface area contributed by atoms with E-state index in [1.165, 1.54) is 36.4 Å². The molecule has 26 nitrogen and oxygen atoms in total. The third-order valence-electron chi connectivity index (χ3n) is 10.4. The number of carbonyl (C=O) groups excluding carboxylic acids is 2. The summed E-state index contributed by atoms with van der Waals surface area (Å²) in [6.07, 6.45) is 1.51. The number of non-ortho nitro benzene ring substituents is 2. The number of anilines is 3. The number of nitro groups is 3. The summed E-state index contributed by atoms with van der Waals surface area (Å²) in [4.78, 5) is 54.7. The molecular weight excluding hydrogens is 1060 g/mol. The van der Waals surface area contributed by atoms with Crippen LogP contribution in [-0.2, 0) is 52.4 Å². The van der Waals surface area contributed by atoms with Gasteiger partial charge in [0.25, 0.3) is 41.6 Å². The molecule has 0 aromatic heterocycles. The van der Waals surface area contributed by atoms with Crippen LogP contribution in [0.25, 0.3) is 21.8 Å². The van der Waals surface area contributed by atoms with Crippen LogP contribution < -0.4 is 15.6 Å². The number of nitrogens with one attached hydrogen (secondary N) is 3. The Hall–Kier alpha value is -8.76. The number of allylic oxidation sites excluding steroid dienone is 2. The van der Waals surface area contributed by atoms with E-state index in [4.69, 9.17) is 0 Å². The first-order chi connectivity index (χ1) is 33.7. The molecule has 73 heavy (non-hydrogen) atoms. The van der Waals surface area contributed by atoms with Crippen LogP contribution in [-0.4, -0.2) is 82.3 Å². The molecule has 2 aliphatic rings. The first kappa shape index (κ1) is 53.6. The number of sulfonamides is 1. The summed E-state index contributed by atoms with van der Waals surface area (Å²) in [6.45, 7) is 1.77. The van der Waals surface area contributed by atoms with Crippen molar-refractivity contribution in [3.63, 3.8) is 0 Å². The normalized spacial score (nSPS) is 14.3. The van der Waals surface area contributed by atoms with Gasteiger partial charge in [-0.25, -0.2) is 8.42 Å². The predicted octanol–water partition coefficient (Wildman–Crippen LogP) is 6.63. The van der Waals surface area contributed by atoms with Gasteiger partial charge < -0.3 is 10.2 Å². The van der Waals surface area contributed by atoms with Gasteiger partial charge in [0.1, 0.15) is 32.6 Å². The summed E-state index contributed by atoms with van der Waals surface area (Å²) in [7, 11) is -14.0. The van der Waals surface area contributed by atoms with Gasteiger partial charge in [0, 0.05) is 69.4 Å². The summed E-state index contributed by atoms with van der Waals surface area (Å²) in [5, 5.41) is 62.9. The minimum absolute atomic E-state index is 0. The standard InChI is InChI=1S/C23H17N5O11S2.C20H13N3O7S.Cr/c1-12-2-6-16(7-3-12)40(35,36)26-14-5-4-13-8-20(41(37,38)39)21(22(29)17(13)9-14)25-24-18-10-15(27(31)32)11-19(23(18)30)28(33)34;24-16-8-5-11-3-1-2-4-13(11)19(16)21-22-20-14-7-6-12(23(26)27)9-15(14)18(10-17(20)25)31(28,29)30;/h2-11,24,26,30H,1H3,(H,37,38,39);1-10,21,24H,(H,28,29,30);/p+3. The summed E-state index contributed by atoms with van der Waals surface area (Å²) in [5.74, 6) is -3.23. The molecule has 0 saturated heterocycles. The maximum absolute atomic E-state index is 13.3. The zero-order valence-electron chi connectivity index (χ0n) is 39.4. The maximum Gasteiger partial charge on any atom is 1.00 e. The van der Waals surface area contributed by atoms with Crippen LogP contribution in [0.3, 0.4) is 0 Å². The fraction of sp³-hybridized carbons (Fsp3) is 0.0233. The second-order valence-corrected chi connectivity index (χ2v) is 19.5. The zero-order valence-corrected chi connectivity index (χ0v) is 40.1. The number of nitrogens with zero attached hydrogens (tertiary/aromatic N) is 5. The Bertz CT molecular complexity index is 3880. The fourth-order valence-electron chi connectivity index (χ4n) is 6.95. The molecule has 2 aliphatic carbocycles. The van der Waals surface area contributed by atoms with Crippen molar-refractivity contribution in [2.45, 2.75) is 11.8 Å². The van der Waals surface area contributed by atoms with Crippen molar-refractivity contribution >= 4 is 109 Å². The number of fused-ring (bicyclic) bond motifs is 3. The number of phenolic OH excluding ortho intramolecular Hbond substituents is 2. The molecule has 0 fully saturated rings. The number of aromatic hydroxyl groups is 2. The maximum atomic E-state index is 13.3. The van der Waals surface area contributed by atoms with E-state index in [-0.39, 0.29) is 71.6 Å². The van der Waals surface area contributed by atoms with Crippen molar-refractivity contribution in [3.05, 3.63) is 178 Å². The summed E-state index contributed by atoms with van der Waals surface area (Å²) in [5.41, 5.74) is 0.726. The van der Waals surface area contributed by atoms with Gasteiger partial charge in [-0.05, 0) is 60.3 Å². The number of benzene rings is 6. The van der Waals surface area contributed by atoms with Crippen LogP contribution >= 0.6 is 0 Å². The van der Waals surface area contributed by atoms with Crippen LogP contribution in [0.15, 0.2) is 135 Å². The Kier molecular flexibility index (Phi) is 15.1. The Labute approximate surface area is 425 Å². The van der Waals surface area contributed by atoms with Crippen LogP contribution in [0.1, 0.15) is 36.9 Å². The average Bonchev–Trinajstić information content (AvgIpc) is 3.31. The van der Waals surface area contributed by atoms with E-state index in [2.05, 4.69) is 20.4 Å². The number of ketones is 2. The third-order valence-corrected chi connectivity index (χ3v) is 13.5. The second kappa shape index (κ2) is 20.5. The Morgan fingerprint density at radius 3 is 1.90 bits per heavy atom. The van der Waals surface area contributed by atoms with Crippen molar-refractivity contribution in [1.29, 1.82) is 0 Å². The van der Waals surface area contributed by atoms with Gasteiger partial charge >= 0.3 is 9.97 Å². The monoisotopic (exact) mass is 1100 g/mol. The van der Waals surface area contributed by atoms with E-state index in [0.29, 0.717) is 23.6 Å². The SMILES string of the molecule is Cc1ccc(S(=O)(=O)Nc2ccc3c(c2)C(=O)C(=NNc2cc([N+](=O)[O-])cc([N+](=O)[O-])c2O)C(S(=O)(=O)O)=C3)cc1.O=C1C=C(S(=O)(=O)O)c2cc([N+](=O)[O-])ccc2C1=NNc1c(O)ccc2ccccc12.[Cr].[H+].[H+].[H+]. The topological polar surface area (TPSA) is 408 Å². The molecule has 0 bridgehead atoms. The molecule has 0 heterocycles. The van der Waals surface area contributed by atoms with E-state index in [1.807, 2.05) is 17.6 Å². The number of carbonyl (C=O) groups is 2. The molecule has 0 atom stereocenters. The van der Waals surface area contributed by atoms with Gasteiger partial charge in [-0.15, -0.1) is 0 Å². The summed E-state index contributed by atoms with van der Waals surface area (Å²) in [6, 6.07) is 24.0. The van der Waals surface area contributed by atoms with E-state index in [1.54, 1.807) is 37.3 Å². The smallest absolute Gasteiger partial charge is 0.506 e. The molecule has 7 N–H and O–H groups in total. The van der Waals surface area contributed by atoms with Crippen LogP contribution in [0, 0.1) is 37.3 Å². The largest absolute Gasteiger partial charge is 1.00 e. The molecule has 374 valence electrons. The molecular formula is C43H33CrN8O18S3+3. The molecule has 0 spiro atoms. The Balaban J connectivity index is 0.000000392. The van der Waals surface area contributed by atoms with Gasteiger partial charge in [0.2, 0.25) is 17.3 Å². The van der Waals surface area contributed by atoms with Gasteiger partial charge in [0.05, 0.1) is 25.7 Å². The molecule has 30 heteroatoms. The number of phenols is 2. The van der Waals surface area contributed by atoms with Crippen molar-refractivity contribution in [1.82, 2.24) is 0 Å². The van der Waals surface area contributed by atoms with Crippen molar-refractivity contribution in [2.75, 3.05) is 15.6 Å². The third kappa shape index (κ3) is 11.4. The molecule has 0 aliphatic heterocycles. The summed E-state index contributed by atoms with van der Waals surface area (Å²) >= 11 is 0. The number of rotatable bonds is 12. The number of nitro benzene ring substituents is 3. The van der Waals surface area contributed by atoms with Crippen LogP contribution in [0.5, 0.6) is 11.5 Å². The zero-order chi connectivity index (χ0) is 52.6. The number of hydrazone groups is 2. The number of hydrogen-bond donors (Lipinski definition) is 7. The Morgan fingerprint density at radius 2 is 1.27 bits per heavy atom. The average molecular weight is 1100 g/mol. The van der Waals surface area contributed by atoms with Crippen molar-refractivity contribution in [2.24, 2.45) is 10.2 Å². The second-order valence-electron chi connectivity index (χ2n) is 15.1. The van der Waals surface area contributed by atoms with Crippen LogP contribution in [0.4, 0.5) is 34.1 Å². The van der Waals surface area contributed by atoms with E-state index in [0.717, 1.165) is 35.2 Å². The van der Waals surface area contributed by atoms with Gasteiger partial charge in [-0.2, -0.15) is 27.0 Å². The summed E-state index contributed by atoms with van der Waals surface area (Å²) < 4.78 is 94.6. The number of hydrogen-bond acceptors (Lipinski definition) is 20. The molecule has 0 saturated carbocycles. The predicted molar refractivity (Wildman–Crippen MR) is 261 cm³/mol. The van der Waals surface area contributed by atoms with Gasteiger partial charge in [-0.1, -0.05) is 54.1 Å². The molecule has 0 unspecified atom stereocenters. The van der Waals surface area contributed by atoms with Crippen molar-refractivity contribution < 1.29 is 90.6 Å². The van der Waals surface area contributed by atoms with Gasteiger partial charge in [0.15, 0.2) is 5.71 Å². The minimum Gasteiger partial charge on any atom is -0.506 e. The number of Topliss-reactive ketones (excluding diaryl/α,β-unsaturated/α-hetero) is 1. The molecule has 6 aromatic carbocycles. The van der Waals surface area contributed by atoms with Gasteiger partial charge in [-0.3, -0.25) is 64.6 Å². The van der Waals surface area contributed by atoms with Crippen LogP contribution in [0.2, 0.25) is 0 Å². The van der Waals surface area contributed by atoms with E-state index in [9.17, 15) is 84.5 Å². The molecule has 6 aromatic rings. The first-order valence-corrected chi connectivity index (χ1v) is 24.2. The Morgan fingerprint density at radius 1 is 0.630 bits per heavy atom. The minimum atomic E-state index is -5.11.